The predicted octanol–water partition coefficient (Wildman–Crippen LogP) is 1.89. The van der Waals surface area contributed by atoms with E-state index in [-0.39, 0.29) is 29.7 Å². The van der Waals surface area contributed by atoms with Crippen LogP contribution in [0.15, 0.2) is 0 Å². The Morgan fingerprint density at radius 2 is 2.17 bits per heavy atom. The quantitative estimate of drug-likeness (QED) is 0.747. The molecule has 0 heterocycles. The van der Waals surface area contributed by atoms with Gasteiger partial charge < -0.3 is 5.11 Å². The van der Waals surface area contributed by atoms with E-state index in [1.165, 1.54) is 0 Å². The summed E-state index contributed by atoms with van der Waals surface area (Å²) in [4.78, 5) is 0. The summed E-state index contributed by atoms with van der Waals surface area (Å²) in [6.45, 7) is 6.05. The third-order valence-corrected chi connectivity index (χ3v) is 5.70. The third kappa shape index (κ3) is 4.21. The first-order valence-corrected chi connectivity index (χ1v) is 8.59. The van der Waals surface area contributed by atoms with Gasteiger partial charge in [-0.25, -0.2) is 13.1 Å². The molecule has 0 amide bonds. The summed E-state index contributed by atoms with van der Waals surface area (Å²) in [6, 6.07) is -0.110. The molecule has 5 heteroatoms. The highest BCUT2D eigenvalue weighted by Crippen LogP contribution is 2.37. The fraction of sp³-hybridized carbons (Fsp3) is 1.00. The minimum atomic E-state index is -3.23. The lowest BCUT2D eigenvalue weighted by atomic mass is 9.86. The summed E-state index contributed by atoms with van der Waals surface area (Å²) in [5.41, 5.74) is -0.291. The van der Waals surface area contributed by atoms with Gasteiger partial charge in [-0.2, -0.15) is 0 Å². The minimum absolute atomic E-state index is 0.0463. The smallest absolute Gasteiger partial charge is 0.212 e. The summed E-state index contributed by atoms with van der Waals surface area (Å²) in [5, 5.41) is 9.42. The molecule has 1 rings (SSSR count). The molecule has 4 nitrogen and oxygen atoms in total. The number of hydrogen-bond acceptors (Lipinski definition) is 3. The molecule has 1 saturated carbocycles. The van der Waals surface area contributed by atoms with Gasteiger partial charge in [-0.3, -0.25) is 0 Å². The van der Waals surface area contributed by atoms with Crippen molar-refractivity contribution in [2.75, 3.05) is 12.4 Å². The van der Waals surface area contributed by atoms with Crippen LogP contribution in [0.4, 0.5) is 0 Å². The number of aliphatic hydroxyl groups excluding tert-OH is 1. The first-order chi connectivity index (χ1) is 8.33. The lowest BCUT2D eigenvalue weighted by molar-refractivity contribution is 0.127. The van der Waals surface area contributed by atoms with E-state index in [0.29, 0.717) is 0 Å². The van der Waals surface area contributed by atoms with Crippen molar-refractivity contribution < 1.29 is 13.5 Å². The van der Waals surface area contributed by atoms with Crippen LogP contribution in [0.25, 0.3) is 0 Å². The summed E-state index contributed by atoms with van der Waals surface area (Å²) in [5.74, 6) is 0.382. The van der Waals surface area contributed by atoms with Crippen molar-refractivity contribution in [1.29, 1.82) is 0 Å². The molecule has 0 aromatic rings. The lowest BCUT2D eigenvalue weighted by Crippen LogP contribution is -2.46. The number of sulfonamides is 1. The molecule has 0 aliphatic heterocycles. The van der Waals surface area contributed by atoms with Gasteiger partial charge in [0, 0.05) is 18.1 Å². The normalized spacial score (nSPS) is 30.6. The second kappa shape index (κ2) is 6.35. The molecule has 1 fully saturated rings. The molecular formula is C13H27NO3S. The van der Waals surface area contributed by atoms with Gasteiger partial charge in [0.25, 0.3) is 0 Å². The maximum Gasteiger partial charge on any atom is 0.212 e. The topological polar surface area (TPSA) is 66.4 Å². The summed E-state index contributed by atoms with van der Waals surface area (Å²) in [6.07, 6.45) is 4.64. The second-order valence-electron chi connectivity index (χ2n) is 6.05. The van der Waals surface area contributed by atoms with Gasteiger partial charge in [-0.05, 0) is 25.2 Å². The Morgan fingerprint density at radius 1 is 1.50 bits per heavy atom. The van der Waals surface area contributed by atoms with Crippen molar-refractivity contribution in [3.05, 3.63) is 0 Å². The summed E-state index contributed by atoms with van der Waals surface area (Å²) >= 11 is 0. The van der Waals surface area contributed by atoms with Crippen LogP contribution in [-0.2, 0) is 10.0 Å². The fourth-order valence-corrected chi connectivity index (χ4v) is 4.69. The highest BCUT2D eigenvalue weighted by Gasteiger charge is 2.40. The zero-order valence-electron chi connectivity index (χ0n) is 11.8. The molecule has 0 spiro atoms. The molecule has 1 aliphatic rings. The van der Waals surface area contributed by atoms with Crippen LogP contribution in [0.3, 0.4) is 0 Å². The maximum absolute atomic E-state index is 12.1. The summed E-state index contributed by atoms with van der Waals surface area (Å²) < 4.78 is 27.0. The van der Waals surface area contributed by atoms with E-state index in [1.807, 2.05) is 13.8 Å². The van der Waals surface area contributed by atoms with Crippen molar-refractivity contribution in [3.8, 4) is 0 Å². The van der Waals surface area contributed by atoms with Crippen LogP contribution < -0.4 is 4.72 Å². The molecule has 18 heavy (non-hydrogen) atoms. The highest BCUT2D eigenvalue weighted by molar-refractivity contribution is 7.89. The first-order valence-electron chi connectivity index (χ1n) is 6.94. The standard InChI is InChI=1S/C13H27NO3S/c1-4-6-11(2)9-18(16,17)14-12-7-5-8-13(12,3)10-15/h11-12,14-15H,4-10H2,1-3H3. The molecule has 0 aromatic heterocycles. The van der Waals surface area contributed by atoms with Gasteiger partial charge in [0.1, 0.15) is 0 Å². The lowest BCUT2D eigenvalue weighted by Gasteiger charge is -2.30. The van der Waals surface area contributed by atoms with Crippen LogP contribution in [0.1, 0.15) is 52.9 Å². The molecule has 0 saturated heterocycles. The van der Waals surface area contributed by atoms with E-state index in [9.17, 15) is 13.5 Å². The molecular weight excluding hydrogens is 250 g/mol. The Labute approximate surface area is 111 Å². The van der Waals surface area contributed by atoms with Crippen molar-refractivity contribution in [2.24, 2.45) is 11.3 Å². The van der Waals surface area contributed by atoms with Crippen LogP contribution in [-0.4, -0.2) is 31.9 Å². The van der Waals surface area contributed by atoms with E-state index in [1.54, 1.807) is 0 Å². The molecule has 3 atom stereocenters. The minimum Gasteiger partial charge on any atom is -0.396 e. The van der Waals surface area contributed by atoms with Crippen molar-refractivity contribution in [2.45, 2.75) is 58.9 Å². The molecule has 1 aliphatic carbocycles. The van der Waals surface area contributed by atoms with Crippen LogP contribution in [0.2, 0.25) is 0 Å². The largest absolute Gasteiger partial charge is 0.396 e. The Kier molecular flexibility index (Phi) is 5.62. The van der Waals surface area contributed by atoms with Crippen LogP contribution in [0.5, 0.6) is 0 Å². The Morgan fingerprint density at radius 3 is 2.72 bits per heavy atom. The SMILES string of the molecule is CCCC(C)CS(=O)(=O)NC1CCCC1(C)CO. The van der Waals surface area contributed by atoms with Crippen LogP contribution >= 0.6 is 0 Å². The van der Waals surface area contributed by atoms with Crippen molar-refractivity contribution >= 4 is 10.0 Å². The Hall–Kier alpha value is -0.130. The van der Waals surface area contributed by atoms with Gasteiger partial charge >= 0.3 is 0 Å². The van der Waals surface area contributed by atoms with E-state index >= 15 is 0 Å². The van der Waals surface area contributed by atoms with Gasteiger partial charge in [-0.1, -0.05) is 33.6 Å². The van der Waals surface area contributed by atoms with E-state index in [2.05, 4.69) is 11.6 Å². The zero-order valence-corrected chi connectivity index (χ0v) is 12.6. The van der Waals surface area contributed by atoms with Crippen molar-refractivity contribution in [3.63, 3.8) is 0 Å². The third-order valence-electron chi connectivity index (χ3n) is 4.05. The van der Waals surface area contributed by atoms with Crippen LogP contribution in [0, 0.1) is 11.3 Å². The molecule has 0 bridgehead atoms. The van der Waals surface area contributed by atoms with Gasteiger partial charge in [0.15, 0.2) is 0 Å². The molecule has 108 valence electrons. The Bertz CT molecular complexity index is 355. The predicted molar refractivity (Wildman–Crippen MR) is 73.8 cm³/mol. The summed E-state index contributed by atoms with van der Waals surface area (Å²) in [7, 11) is -3.23. The fourth-order valence-electron chi connectivity index (χ4n) is 2.84. The highest BCUT2D eigenvalue weighted by atomic mass is 32.2. The van der Waals surface area contributed by atoms with E-state index in [4.69, 9.17) is 0 Å². The number of hydrogen-bond donors (Lipinski definition) is 2. The Balaban J connectivity index is 2.60. The number of rotatable bonds is 7. The van der Waals surface area contributed by atoms with Gasteiger partial charge in [-0.15, -0.1) is 0 Å². The molecule has 0 radical (unpaired) electrons. The molecule has 2 N–H and O–H groups in total. The molecule has 3 unspecified atom stereocenters. The van der Waals surface area contributed by atoms with Crippen molar-refractivity contribution in [1.82, 2.24) is 4.72 Å². The number of aliphatic hydroxyl groups is 1. The first kappa shape index (κ1) is 15.9. The number of nitrogens with one attached hydrogen (secondary N) is 1. The average molecular weight is 277 g/mol. The zero-order chi connectivity index (χ0) is 13.8. The van der Waals surface area contributed by atoms with Gasteiger partial charge in [0.05, 0.1) is 5.75 Å². The second-order valence-corrected chi connectivity index (χ2v) is 7.85. The monoisotopic (exact) mass is 277 g/mol. The molecule has 0 aromatic carbocycles. The average Bonchev–Trinajstić information content (AvgIpc) is 2.60. The van der Waals surface area contributed by atoms with E-state index in [0.717, 1.165) is 32.1 Å². The van der Waals surface area contributed by atoms with Gasteiger partial charge in [0.2, 0.25) is 10.0 Å². The van der Waals surface area contributed by atoms with E-state index < -0.39 is 10.0 Å². The maximum atomic E-state index is 12.1.